The Morgan fingerprint density at radius 3 is 2.28 bits per heavy atom. The third-order valence-electron chi connectivity index (χ3n) is 2.99. The number of hydrogen-bond donors (Lipinski definition) is 1. The summed E-state index contributed by atoms with van der Waals surface area (Å²) >= 11 is 0. The van der Waals surface area contributed by atoms with Gasteiger partial charge in [0, 0.05) is 39.0 Å². The molecule has 0 saturated carbocycles. The van der Waals surface area contributed by atoms with Gasteiger partial charge in [-0.15, -0.1) is 0 Å². The fraction of sp³-hybridized carbons (Fsp3) is 0.846. The Kier molecular flexibility index (Phi) is 8.37. The van der Waals surface area contributed by atoms with E-state index in [1.807, 2.05) is 32.8 Å². The van der Waals surface area contributed by atoms with Crippen molar-refractivity contribution in [2.75, 3.05) is 33.7 Å². The van der Waals surface area contributed by atoms with Crippen LogP contribution in [0.15, 0.2) is 0 Å². The van der Waals surface area contributed by atoms with E-state index in [4.69, 9.17) is 0 Å². The van der Waals surface area contributed by atoms with Crippen LogP contribution in [0, 0.1) is 0 Å². The van der Waals surface area contributed by atoms with Crippen molar-refractivity contribution in [3.8, 4) is 0 Å². The molecule has 0 rings (SSSR count). The molecule has 1 N–H and O–H groups in total. The van der Waals surface area contributed by atoms with Gasteiger partial charge in [-0.3, -0.25) is 9.59 Å². The average molecular weight is 257 g/mol. The summed E-state index contributed by atoms with van der Waals surface area (Å²) in [4.78, 5) is 26.8. The van der Waals surface area contributed by atoms with Gasteiger partial charge in [0.2, 0.25) is 11.8 Å². The van der Waals surface area contributed by atoms with Gasteiger partial charge in [-0.1, -0.05) is 6.92 Å². The van der Waals surface area contributed by atoms with Crippen LogP contribution < -0.4 is 5.32 Å². The van der Waals surface area contributed by atoms with Crippen molar-refractivity contribution in [3.05, 3.63) is 0 Å². The van der Waals surface area contributed by atoms with Gasteiger partial charge in [-0.25, -0.2) is 0 Å². The minimum atomic E-state index is 0.00593. The third-order valence-corrected chi connectivity index (χ3v) is 2.99. The molecule has 0 aliphatic carbocycles. The van der Waals surface area contributed by atoms with Gasteiger partial charge in [0.15, 0.2) is 0 Å². The first-order valence-corrected chi connectivity index (χ1v) is 6.57. The lowest BCUT2D eigenvalue weighted by Crippen LogP contribution is -2.40. The number of hydrogen-bond acceptors (Lipinski definition) is 3. The van der Waals surface area contributed by atoms with Crippen molar-refractivity contribution in [2.24, 2.45) is 0 Å². The Balaban J connectivity index is 3.97. The standard InChI is InChI=1S/C13H27N3O2/c1-6-11(2)16(12(3)17)9-7-13(18)14-8-10-15(4)5/h11H,6-10H2,1-5H3,(H,14,18). The smallest absolute Gasteiger partial charge is 0.221 e. The monoisotopic (exact) mass is 257 g/mol. The maximum atomic E-state index is 11.6. The first-order chi connectivity index (χ1) is 8.38. The van der Waals surface area contributed by atoms with Crippen LogP contribution >= 0.6 is 0 Å². The second-order valence-electron chi connectivity index (χ2n) is 4.87. The van der Waals surface area contributed by atoms with E-state index in [2.05, 4.69) is 5.32 Å². The van der Waals surface area contributed by atoms with Crippen molar-refractivity contribution in [3.63, 3.8) is 0 Å². The number of carbonyl (C=O) groups is 2. The minimum absolute atomic E-state index is 0.00593. The van der Waals surface area contributed by atoms with E-state index in [-0.39, 0.29) is 17.9 Å². The van der Waals surface area contributed by atoms with Gasteiger partial charge in [0.25, 0.3) is 0 Å². The van der Waals surface area contributed by atoms with Crippen molar-refractivity contribution in [1.82, 2.24) is 15.1 Å². The summed E-state index contributed by atoms with van der Waals surface area (Å²) in [5.74, 6) is 0.0387. The number of carbonyl (C=O) groups excluding carboxylic acids is 2. The van der Waals surface area contributed by atoms with E-state index >= 15 is 0 Å². The van der Waals surface area contributed by atoms with Crippen LogP contribution in [0.1, 0.15) is 33.6 Å². The maximum Gasteiger partial charge on any atom is 0.221 e. The Hall–Kier alpha value is -1.10. The molecule has 1 unspecified atom stereocenters. The molecule has 0 saturated heterocycles. The summed E-state index contributed by atoms with van der Waals surface area (Å²) < 4.78 is 0. The Labute approximate surface area is 111 Å². The van der Waals surface area contributed by atoms with Gasteiger partial charge >= 0.3 is 0 Å². The average Bonchev–Trinajstić information content (AvgIpc) is 2.27. The quantitative estimate of drug-likeness (QED) is 0.696. The van der Waals surface area contributed by atoms with Crippen LogP contribution in [0.5, 0.6) is 0 Å². The molecule has 2 amide bonds. The van der Waals surface area contributed by atoms with Gasteiger partial charge in [0.05, 0.1) is 0 Å². The molecule has 0 aliphatic rings. The second-order valence-corrected chi connectivity index (χ2v) is 4.87. The van der Waals surface area contributed by atoms with E-state index in [1.54, 1.807) is 11.8 Å². The highest BCUT2D eigenvalue weighted by atomic mass is 16.2. The Morgan fingerprint density at radius 1 is 1.22 bits per heavy atom. The molecule has 0 aromatic heterocycles. The molecule has 0 aliphatic heterocycles. The normalized spacial score (nSPS) is 12.3. The van der Waals surface area contributed by atoms with Crippen LogP contribution in [-0.2, 0) is 9.59 Å². The Morgan fingerprint density at radius 2 is 1.83 bits per heavy atom. The molecule has 1 atom stereocenters. The third kappa shape index (κ3) is 7.27. The van der Waals surface area contributed by atoms with Crippen molar-refractivity contribution < 1.29 is 9.59 Å². The molecule has 0 fully saturated rings. The summed E-state index contributed by atoms with van der Waals surface area (Å²) in [6, 6.07) is 0.192. The topological polar surface area (TPSA) is 52.7 Å². The van der Waals surface area contributed by atoms with Crippen molar-refractivity contribution >= 4 is 11.8 Å². The van der Waals surface area contributed by atoms with Crippen LogP contribution in [-0.4, -0.2) is 61.4 Å². The molecule has 0 aromatic carbocycles. The molecule has 106 valence electrons. The highest BCUT2D eigenvalue weighted by Crippen LogP contribution is 2.04. The first-order valence-electron chi connectivity index (χ1n) is 6.57. The lowest BCUT2D eigenvalue weighted by molar-refractivity contribution is -0.131. The molecule has 0 spiro atoms. The van der Waals surface area contributed by atoms with Gasteiger partial charge < -0.3 is 15.1 Å². The van der Waals surface area contributed by atoms with Crippen LogP contribution in [0.4, 0.5) is 0 Å². The number of likely N-dealkylation sites (N-methyl/N-ethyl adjacent to an activating group) is 1. The zero-order valence-electron chi connectivity index (χ0n) is 12.3. The number of nitrogens with one attached hydrogen (secondary N) is 1. The molecule has 0 radical (unpaired) electrons. The van der Waals surface area contributed by atoms with Crippen molar-refractivity contribution in [2.45, 2.75) is 39.7 Å². The summed E-state index contributed by atoms with van der Waals surface area (Å²) in [6.07, 6.45) is 1.28. The molecule has 5 nitrogen and oxygen atoms in total. The van der Waals surface area contributed by atoms with E-state index in [9.17, 15) is 9.59 Å². The van der Waals surface area contributed by atoms with E-state index < -0.39 is 0 Å². The molecule has 0 bridgehead atoms. The largest absolute Gasteiger partial charge is 0.355 e. The van der Waals surface area contributed by atoms with E-state index in [1.165, 1.54) is 0 Å². The predicted molar refractivity (Wildman–Crippen MR) is 73.3 cm³/mol. The number of nitrogens with zero attached hydrogens (tertiary/aromatic N) is 2. The van der Waals surface area contributed by atoms with Gasteiger partial charge in [-0.05, 0) is 27.4 Å². The highest BCUT2D eigenvalue weighted by molar-refractivity contribution is 5.78. The summed E-state index contributed by atoms with van der Waals surface area (Å²) in [5, 5.41) is 2.85. The molecular formula is C13H27N3O2. The van der Waals surface area contributed by atoms with Gasteiger partial charge in [-0.2, -0.15) is 0 Å². The lowest BCUT2D eigenvalue weighted by Gasteiger charge is -2.27. The second kappa shape index (κ2) is 8.91. The highest BCUT2D eigenvalue weighted by Gasteiger charge is 2.15. The number of amides is 2. The molecule has 0 heterocycles. The number of rotatable bonds is 8. The molecular weight excluding hydrogens is 230 g/mol. The van der Waals surface area contributed by atoms with Crippen molar-refractivity contribution in [1.29, 1.82) is 0 Å². The fourth-order valence-corrected chi connectivity index (χ4v) is 1.64. The van der Waals surface area contributed by atoms with Crippen LogP contribution in [0.2, 0.25) is 0 Å². The predicted octanol–water partition coefficient (Wildman–Crippen LogP) is 0.701. The zero-order chi connectivity index (χ0) is 14.1. The van der Waals surface area contributed by atoms with E-state index in [0.29, 0.717) is 19.5 Å². The molecule has 5 heteroatoms. The first kappa shape index (κ1) is 16.9. The Bertz CT molecular complexity index is 267. The zero-order valence-corrected chi connectivity index (χ0v) is 12.3. The SMILES string of the molecule is CCC(C)N(CCC(=O)NCCN(C)C)C(C)=O. The maximum absolute atomic E-state index is 11.6. The van der Waals surface area contributed by atoms with E-state index in [0.717, 1.165) is 13.0 Å². The van der Waals surface area contributed by atoms with Crippen LogP contribution in [0.25, 0.3) is 0 Å². The fourth-order valence-electron chi connectivity index (χ4n) is 1.64. The van der Waals surface area contributed by atoms with Crippen LogP contribution in [0.3, 0.4) is 0 Å². The molecule has 0 aromatic rings. The summed E-state index contributed by atoms with van der Waals surface area (Å²) in [7, 11) is 3.93. The minimum Gasteiger partial charge on any atom is -0.355 e. The lowest BCUT2D eigenvalue weighted by atomic mass is 10.2. The summed E-state index contributed by atoms with van der Waals surface area (Å²) in [5.41, 5.74) is 0. The van der Waals surface area contributed by atoms with Gasteiger partial charge in [0.1, 0.15) is 0 Å². The molecule has 18 heavy (non-hydrogen) atoms. The summed E-state index contributed by atoms with van der Waals surface area (Å²) in [6.45, 7) is 7.57.